The standard InChI is InChI=1S/C35H32F3N5O4S2/c1-7-47-33(45)29-20(3)40-34-43(30(29)22-9-11-24(12-10-22)42(4)5)32(44)27(49-34)16-21-8-13-26(46-6)23(15-21)18-48-31-25(17-39)19(2)14-28(41-31)35(36,37)38/h8-16,30H,7,18H2,1-6H3/b27-16-/t30-/m1/s1. The zero-order valence-electron chi connectivity index (χ0n) is 27.5. The van der Waals surface area contributed by atoms with Gasteiger partial charge in [0.1, 0.15) is 22.5 Å². The summed E-state index contributed by atoms with van der Waals surface area (Å²) in [5, 5.41) is 9.59. The van der Waals surface area contributed by atoms with E-state index in [1.807, 2.05) is 49.3 Å². The molecule has 0 N–H and O–H groups in total. The van der Waals surface area contributed by atoms with Crippen molar-refractivity contribution in [2.24, 2.45) is 4.99 Å². The van der Waals surface area contributed by atoms with Crippen LogP contribution in [0, 0.1) is 18.3 Å². The Morgan fingerprint density at radius 1 is 1.16 bits per heavy atom. The molecule has 0 aliphatic carbocycles. The second kappa shape index (κ2) is 14.3. The molecule has 0 radical (unpaired) electrons. The number of carbonyl (C=O) groups excluding carboxylic acids is 1. The van der Waals surface area contributed by atoms with E-state index in [4.69, 9.17) is 9.47 Å². The van der Waals surface area contributed by atoms with Crippen molar-refractivity contribution < 1.29 is 27.4 Å². The fraction of sp³-hybridized carbons (Fsp3) is 0.286. The van der Waals surface area contributed by atoms with Crippen molar-refractivity contribution in [2.45, 2.75) is 43.8 Å². The van der Waals surface area contributed by atoms with Gasteiger partial charge >= 0.3 is 12.1 Å². The zero-order valence-corrected chi connectivity index (χ0v) is 29.1. The molecule has 0 bridgehead atoms. The molecule has 0 spiro atoms. The number of thioether (sulfide) groups is 1. The number of alkyl halides is 3. The molecular weight excluding hydrogens is 676 g/mol. The molecule has 0 saturated carbocycles. The number of nitriles is 1. The van der Waals surface area contributed by atoms with Gasteiger partial charge in [0.2, 0.25) is 0 Å². The van der Waals surface area contributed by atoms with Gasteiger partial charge < -0.3 is 14.4 Å². The molecule has 0 amide bonds. The summed E-state index contributed by atoms with van der Waals surface area (Å²) in [4.78, 5) is 38.0. The number of halogens is 3. The van der Waals surface area contributed by atoms with Crippen molar-refractivity contribution in [3.05, 3.63) is 113 Å². The maximum Gasteiger partial charge on any atom is 0.433 e. The predicted molar refractivity (Wildman–Crippen MR) is 182 cm³/mol. The number of hydrogen-bond donors (Lipinski definition) is 0. The minimum Gasteiger partial charge on any atom is -0.496 e. The van der Waals surface area contributed by atoms with E-state index in [2.05, 4.69) is 9.98 Å². The van der Waals surface area contributed by atoms with Gasteiger partial charge in [-0.3, -0.25) is 9.36 Å². The van der Waals surface area contributed by atoms with Crippen LogP contribution >= 0.6 is 23.1 Å². The number of aryl methyl sites for hydroxylation is 1. The minimum atomic E-state index is -4.67. The molecule has 5 rings (SSSR count). The Bertz CT molecular complexity index is 2180. The Morgan fingerprint density at radius 3 is 2.49 bits per heavy atom. The molecule has 14 heteroatoms. The first-order valence-electron chi connectivity index (χ1n) is 15.0. The molecule has 3 heterocycles. The summed E-state index contributed by atoms with van der Waals surface area (Å²) in [6.45, 7) is 5.03. The second-order valence-corrected chi connectivity index (χ2v) is 13.2. The lowest BCUT2D eigenvalue weighted by atomic mass is 9.95. The summed E-state index contributed by atoms with van der Waals surface area (Å²) < 4.78 is 53.2. The largest absolute Gasteiger partial charge is 0.496 e. The number of allylic oxidation sites excluding steroid dienone is 1. The van der Waals surface area contributed by atoms with Crippen LogP contribution < -0.4 is 24.5 Å². The number of nitrogens with zero attached hydrogens (tertiary/aromatic N) is 5. The Hall–Kier alpha value is -4.87. The Morgan fingerprint density at radius 2 is 1.88 bits per heavy atom. The van der Waals surface area contributed by atoms with Gasteiger partial charge in [-0.15, -0.1) is 11.8 Å². The number of methoxy groups -OCH3 is 1. The molecule has 0 saturated heterocycles. The van der Waals surface area contributed by atoms with Crippen LogP contribution in [0.2, 0.25) is 0 Å². The van der Waals surface area contributed by atoms with Crippen LogP contribution in [0.1, 0.15) is 53.4 Å². The number of thiazole rings is 1. The molecule has 49 heavy (non-hydrogen) atoms. The molecule has 9 nitrogen and oxygen atoms in total. The highest BCUT2D eigenvalue weighted by Gasteiger charge is 2.35. The number of carbonyl (C=O) groups is 1. The lowest BCUT2D eigenvalue weighted by molar-refractivity contribution is -0.141. The Balaban J connectivity index is 1.57. The number of hydrogen-bond acceptors (Lipinski definition) is 10. The van der Waals surface area contributed by atoms with Gasteiger partial charge in [-0.2, -0.15) is 18.4 Å². The third kappa shape index (κ3) is 7.28. The number of fused-ring (bicyclic) bond motifs is 1. The van der Waals surface area contributed by atoms with Crippen molar-refractivity contribution >= 4 is 40.8 Å². The van der Waals surface area contributed by atoms with Crippen LogP contribution in [0.5, 0.6) is 5.75 Å². The average Bonchev–Trinajstić information content (AvgIpc) is 3.36. The maximum atomic E-state index is 14.1. The SMILES string of the molecule is CCOC(=O)C1=C(C)N=c2s/c(=C\c3ccc(OC)c(CSc4nc(C(F)(F)F)cc(C)c4C#N)c3)c(=O)n2[C@@H]1c1ccc(N(C)C)cc1. The molecule has 0 fully saturated rings. The average molecular weight is 708 g/mol. The van der Waals surface area contributed by atoms with E-state index < -0.39 is 23.9 Å². The van der Waals surface area contributed by atoms with Gasteiger partial charge in [0, 0.05) is 31.1 Å². The van der Waals surface area contributed by atoms with Crippen LogP contribution in [0.3, 0.4) is 0 Å². The Kier molecular flexibility index (Phi) is 10.4. The van der Waals surface area contributed by atoms with E-state index in [9.17, 15) is 28.0 Å². The zero-order chi connectivity index (χ0) is 35.6. The van der Waals surface area contributed by atoms with Gasteiger partial charge in [-0.05, 0) is 73.9 Å². The summed E-state index contributed by atoms with van der Waals surface area (Å²) >= 11 is 2.16. The van der Waals surface area contributed by atoms with Gasteiger partial charge in [0.25, 0.3) is 5.56 Å². The molecule has 2 aromatic carbocycles. The highest BCUT2D eigenvalue weighted by Crippen LogP contribution is 2.35. The third-order valence-corrected chi connectivity index (χ3v) is 9.80. The summed E-state index contributed by atoms with van der Waals surface area (Å²) in [6.07, 6.45) is -2.97. The van der Waals surface area contributed by atoms with E-state index in [0.29, 0.717) is 31.9 Å². The van der Waals surface area contributed by atoms with Gasteiger partial charge in [0.15, 0.2) is 4.80 Å². The molecule has 1 aliphatic rings. The first-order valence-corrected chi connectivity index (χ1v) is 16.8. The fourth-order valence-electron chi connectivity index (χ4n) is 5.39. The van der Waals surface area contributed by atoms with Gasteiger partial charge in [-0.25, -0.2) is 14.8 Å². The van der Waals surface area contributed by atoms with Crippen LogP contribution in [-0.2, 0) is 21.5 Å². The van der Waals surface area contributed by atoms with Gasteiger partial charge in [-0.1, -0.05) is 29.5 Å². The lowest BCUT2D eigenvalue weighted by Crippen LogP contribution is -2.39. The lowest BCUT2D eigenvalue weighted by Gasteiger charge is -2.25. The number of esters is 1. The van der Waals surface area contributed by atoms with Crippen molar-refractivity contribution in [1.29, 1.82) is 5.26 Å². The Labute approximate surface area is 288 Å². The molecular formula is C35H32F3N5O4S2. The molecule has 254 valence electrons. The summed E-state index contributed by atoms with van der Waals surface area (Å²) in [6, 6.07) is 14.9. The molecule has 0 unspecified atom stereocenters. The number of pyridine rings is 1. The first kappa shape index (κ1) is 35.4. The second-order valence-electron chi connectivity index (χ2n) is 11.3. The summed E-state index contributed by atoms with van der Waals surface area (Å²) in [5.41, 5.74) is 2.46. The highest BCUT2D eigenvalue weighted by atomic mass is 32.2. The van der Waals surface area contributed by atoms with Crippen LogP contribution in [0.15, 0.2) is 74.6 Å². The number of ether oxygens (including phenoxy) is 2. The quantitative estimate of drug-likeness (QED) is 0.160. The van der Waals surface area contributed by atoms with Crippen LogP contribution in [-0.4, -0.2) is 43.3 Å². The van der Waals surface area contributed by atoms with Crippen LogP contribution in [0.25, 0.3) is 6.08 Å². The van der Waals surface area contributed by atoms with Crippen molar-refractivity contribution in [2.75, 3.05) is 32.7 Å². The normalized spacial score (nSPS) is 14.6. The maximum absolute atomic E-state index is 14.1. The highest BCUT2D eigenvalue weighted by molar-refractivity contribution is 7.98. The van der Waals surface area contributed by atoms with E-state index in [0.717, 1.165) is 29.1 Å². The van der Waals surface area contributed by atoms with E-state index in [1.165, 1.54) is 29.9 Å². The number of benzene rings is 2. The summed E-state index contributed by atoms with van der Waals surface area (Å²) in [5.74, 6) is 0.0609. The summed E-state index contributed by atoms with van der Waals surface area (Å²) in [7, 11) is 5.31. The minimum absolute atomic E-state index is 0.0398. The number of anilines is 1. The topological polar surface area (TPSA) is 110 Å². The molecule has 1 aliphatic heterocycles. The molecule has 2 aromatic heterocycles. The van der Waals surface area contributed by atoms with Crippen LogP contribution in [0.4, 0.5) is 18.9 Å². The predicted octanol–water partition coefficient (Wildman–Crippen LogP) is 5.76. The number of aromatic nitrogens is 2. The smallest absolute Gasteiger partial charge is 0.433 e. The van der Waals surface area contributed by atoms with Crippen molar-refractivity contribution in [1.82, 2.24) is 9.55 Å². The molecule has 4 aromatic rings. The number of rotatable bonds is 9. The molecule has 1 atom stereocenters. The van der Waals surface area contributed by atoms with Crippen molar-refractivity contribution in [3.63, 3.8) is 0 Å². The van der Waals surface area contributed by atoms with Gasteiger partial charge in [0.05, 0.1) is 41.1 Å². The first-order chi connectivity index (χ1) is 23.3. The van der Waals surface area contributed by atoms with E-state index in [1.54, 1.807) is 38.1 Å². The monoisotopic (exact) mass is 707 g/mol. The van der Waals surface area contributed by atoms with E-state index in [-0.39, 0.29) is 39.6 Å². The fourth-order valence-corrected chi connectivity index (χ4v) is 7.47. The van der Waals surface area contributed by atoms with E-state index >= 15 is 0 Å². The van der Waals surface area contributed by atoms with Crippen molar-refractivity contribution in [3.8, 4) is 11.8 Å². The third-order valence-electron chi connectivity index (χ3n) is 7.79.